The Morgan fingerprint density at radius 3 is 2.39 bits per heavy atom. The molecule has 0 spiro atoms. The van der Waals surface area contributed by atoms with E-state index in [0.29, 0.717) is 0 Å². The van der Waals surface area contributed by atoms with E-state index in [0.717, 1.165) is 36.7 Å². The van der Waals surface area contributed by atoms with Crippen molar-refractivity contribution in [1.82, 2.24) is 4.90 Å². The van der Waals surface area contributed by atoms with Crippen molar-refractivity contribution in [3.63, 3.8) is 0 Å². The largest absolute Gasteiger partial charge is 0.497 e. The van der Waals surface area contributed by atoms with Crippen molar-refractivity contribution in [2.45, 2.75) is 13.8 Å². The molecule has 0 aliphatic rings. The average molecular weight is 247 g/mol. The van der Waals surface area contributed by atoms with Crippen LogP contribution in [0.4, 0.5) is 0 Å². The molecule has 0 fully saturated rings. The Hall–Kier alpha value is -1.66. The first-order valence-electron chi connectivity index (χ1n) is 6.18. The maximum Gasteiger partial charge on any atom is 0.134 e. The molecule has 3 nitrogen and oxygen atoms in total. The van der Waals surface area contributed by atoms with Crippen LogP contribution in [0, 0.1) is 11.8 Å². The van der Waals surface area contributed by atoms with E-state index in [-0.39, 0.29) is 0 Å². The molecule has 0 saturated heterocycles. The SMILES string of the molecule is CCN(CC)CC#Cc1cc(OC)ccc1OC. The molecule has 0 N–H and O–H groups in total. The Balaban J connectivity index is 2.85. The fraction of sp³-hybridized carbons (Fsp3) is 0.467. The first kappa shape index (κ1) is 14.4. The molecule has 98 valence electrons. The fourth-order valence-corrected chi connectivity index (χ4v) is 1.61. The predicted octanol–water partition coefficient (Wildman–Crippen LogP) is 2.40. The average Bonchev–Trinajstić information content (AvgIpc) is 2.43. The fourth-order valence-electron chi connectivity index (χ4n) is 1.61. The van der Waals surface area contributed by atoms with Gasteiger partial charge in [-0.25, -0.2) is 0 Å². The molecule has 1 aromatic carbocycles. The van der Waals surface area contributed by atoms with Gasteiger partial charge in [0.1, 0.15) is 11.5 Å². The van der Waals surface area contributed by atoms with Crippen molar-refractivity contribution in [1.29, 1.82) is 0 Å². The highest BCUT2D eigenvalue weighted by Gasteiger charge is 2.02. The van der Waals surface area contributed by atoms with Crippen molar-refractivity contribution in [2.24, 2.45) is 0 Å². The molecule has 0 atom stereocenters. The third-order valence-electron chi connectivity index (χ3n) is 2.83. The molecule has 0 heterocycles. The molecule has 0 aliphatic heterocycles. The van der Waals surface area contributed by atoms with Gasteiger partial charge in [-0.15, -0.1) is 0 Å². The van der Waals surface area contributed by atoms with Gasteiger partial charge in [0.05, 0.1) is 26.3 Å². The molecular weight excluding hydrogens is 226 g/mol. The molecule has 0 saturated carbocycles. The summed E-state index contributed by atoms with van der Waals surface area (Å²) < 4.78 is 10.5. The lowest BCUT2D eigenvalue weighted by atomic mass is 10.2. The van der Waals surface area contributed by atoms with Gasteiger partial charge in [-0.05, 0) is 31.3 Å². The van der Waals surface area contributed by atoms with Crippen LogP contribution in [0.15, 0.2) is 18.2 Å². The molecule has 0 unspecified atom stereocenters. The zero-order valence-electron chi connectivity index (χ0n) is 11.6. The number of hydrogen-bond donors (Lipinski definition) is 0. The van der Waals surface area contributed by atoms with E-state index in [9.17, 15) is 0 Å². The van der Waals surface area contributed by atoms with Crippen molar-refractivity contribution in [2.75, 3.05) is 33.9 Å². The van der Waals surface area contributed by atoms with Crippen LogP contribution in [-0.2, 0) is 0 Å². The summed E-state index contributed by atoms with van der Waals surface area (Å²) in [5.74, 6) is 7.89. The lowest BCUT2D eigenvalue weighted by Crippen LogP contribution is -2.22. The van der Waals surface area contributed by atoms with Gasteiger partial charge in [0.15, 0.2) is 0 Å². The Labute approximate surface area is 110 Å². The van der Waals surface area contributed by atoms with Gasteiger partial charge >= 0.3 is 0 Å². The first-order valence-corrected chi connectivity index (χ1v) is 6.18. The van der Waals surface area contributed by atoms with Crippen LogP contribution in [0.1, 0.15) is 19.4 Å². The second kappa shape index (κ2) is 7.62. The van der Waals surface area contributed by atoms with Crippen LogP contribution in [0.3, 0.4) is 0 Å². The number of benzene rings is 1. The van der Waals surface area contributed by atoms with E-state index in [1.165, 1.54) is 0 Å². The minimum atomic E-state index is 0.771. The van der Waals surface area contributed by atoms with Gasteiger partial charge in [0.2, 0.25) is 0 Å². The molecule has 0 radical (unpaired) electrons. The minimum absolute atomic E-state index is 0.771. The number of methoxy groups -OCH3 is 2. The van der Waals surface area contributed by atoms with Gasteiger partial charge in [-0.3, -0.25) is 4.90 Å². The molecule has 1 aromatic rings. The zero-order chi connectivity index (χ0) is 13.4. The molecule has 0 bridgehead atoms. The summed E-state index contributed by atoms with van der Waals surface area (Å²) in [6.07, 6.45) is 0. The molecule has 1 rings (SSSR count). The summed E-state index contributed by atoms with van der Waals surface area (Å²) in [5, 5.41) is 0. The molecule has 18 heavy (non-hydrogen) atoms. The lowest BCUT2D eigenvalue weighted by molar-refractivity contribution is 0.342. The molecular formula is C15H21NO2. The Morgan fingerprint density at radius 1 is 1.11 bits per heavy atom. The van der Waals surface area contributed by atoms with Crippen molar-refractivity contribution >= 4 is 0 Å². The highest BCUT2D eigenvalue weighted by atomic mass is 16.5. The van der Waals surface area contributed by atoms with Gasteiger partial charge in [0, 0.05) is 0 Å². The van der Waals surface area contributed by atoms with E-state index in [2.05, 4.69) is 30.6 Å². The third kappa shape index (κ3) is 3.97. The molecule has 3 heteroatoms. The van der Waals surface area contributed by atoms with Crippen LogP contribution in [0.5, 0.6) is 11.5 Å². The Bertz CT molecular complexity index is 428. The summed E-state index contributed by atoms with van der Waals surface area (Å²) in [5.41, 5.74) is 0.865. The number of rotatable bonds is 5. The smallest absolute Gasteiger partial charge is 0.134 e. The first-order chi connectivity index (χ1) is 8.74. The minimum Gasteiger partial charge on any atom is -0.497 e. The molecule has 0 aliphatic carbocycles. The van der Waals surface area contributed by atoms with Crippen LogP contribution < -0.4 is 9.47 Å². The van der Waals surface area contributed by atoms with Crippen molar-refractivity contribution < 1.29 is 9.47 Å². The third-order valence-corrected chi connectivity index (χ3v) is 2.83. The quantitative estimate of drug-likeness (QED) is 0.746. The van der Waals surface area contributed by atoms with Crippen molar-refractivity contribution in [3.05, 3.63) is 23.8 Å². The summed E-state index contributed by atoms with van der Waals surface area (Å²) in [6, 6.07) is 5.64. The second-order valence-electron chi connectivity index (χ2n) is 3.83. The van der Waals surface area contributed by atoms with E-state index in [1.54, 1.807) is 14.2 Å². The molecule has 0 amide bonds. The summed E-state index contributed by atoms with van der Waals surface area (Å²) in [6.45, 7) is 7.07. The number of nitrogens with zero attached hydrogens (tertiary/aromatic N) is 1. The van der Waals surface area contributed by atoms with Gasteiger partial charge < -0.3 is 9.47 Å². The van der Waals surface area contributed by atoms with E-state index in [1.807, 2.05) is 18.2 Å². The number of hydrogen-bond acceptors (Lipinski definition) is 3. The van der Waals surface area contributed by atoms with Crippen LogP contribution in [-0.4, -0.2) is 38.8 Å². The van der Waals surface area contributed by atoms with Gasteiger partial charge in [-0.1, -0.05) is 25.7 Å². The summed E-state index contributed by atoms with van der Waals surface area (Å²) in [7, 11) is 3.30. The Kier molecular flexibility index (Phi) is 6.10. The lowest BCUT2D eigenvalue weighted by Gasteiger charge is -2.13. The second-order valence-corrected chi connectivity index (χ2v) is 3.83. The van der Waals surface area contributed by atoms with Crippen LogP contribution in [0.2, 0.25) is 0 Å². The Morgan fingerprint density at radius 2 is 1.83 bits per heavy atom. The van der Waals surface area contributed by atoms with Crippen LogP contribution in [0.25, 0.3) is 0 Å². The standard InChI is InChI=1S/C15H21NO2/c1-5-16(6-2)11-7-8-13-12-14(17-3)9-10-15(13)18-4/h9-10,12H,5-6,11H2,1-4H3. The van der Waals surface area contributed by atoms with Gasteiger partial charge in [0.25, 0.3) is 0 Å². The topological polar surface area (TPSA) is 21.7 Å². The molecule has 0 aromatic heterocycles. The highest BCUT2D eigenvalue weighted by Crippen LogP contribution is 2.22. The van der Waals surface area contributed by atoms with E-state index < -0.39 is 0 Å². The maximum absolute atomic E-state index is 5.28. The van der Waals surface area contributed by atoms with E-state index >= 15 is 0 Å². The normalized spacial score (nSPS) is 9.83. The zero-order valence-corrected chi connectivity index (χ0v) is 11.6. The maximum atomic E-state index is 5.28. The summed E-state index contributed by atoms with van der Waals surface area (Å²) in [4.78, 5) is 2.26. The number of ether oxygens (including phenoxy) is 2. The van der Waals surface area contributed by atoms with E-state index in [4.69, 9.17) is 9.47 Å². The van der Waals surface area contributed by atoms with Crippen molar-refractivity contribution in [3.8, 4) is 23.3 Å². The highest BCUT2D eigenvalue weighted by molar-refractivity contribution is 5.50. The monoisotopic (exact) mass is 247 g/mol. The van der Waals surface area contributed by atoms with Gasteiger partial charge in [-0.2, -0.15) is 0 Å². The summed E-state index contributed by atoms with van der Waals surface area (Å²) >= 11 is 0. The predicted molar refractivity (Wildman–Crippen MR) is 74.2 cm³/mol. The van der Waals surface area contributed by atoms with Crippen LogP contribution >= 0.6 is 0 Å².